The second-order valence-electron chi connectivity index (χ2n) is 3.00. The highest BCUT2D eigenvalue weighted by Crippen LogP contribution is 2.15. The molecule has 0 N–H and O–H groups in total. The number of aldehydes is 1. The van der Waals surface area contributed by atoms with E-state index < -0.39 is 9.05 Å². The Labute approximate surface area is 87.1 Å². The van der Waals surface area contributed by atoms with Gasteiger partial charge < -0.3 is 0 Å². The van der Waals surface area contributed by atoms with Crippen LogP contribution >= 0.6 is 10.7 Å². The van der Waals surface area contributed by atoms with Crippen LogP contribution in [0, 0.1) is 6.92 Å². The summed E-state index contributed by atoms with van der Waals surface area (Å²) >= 11 is 0. The molecule has 1 aromatic rings. The van der Waals surface area contributed by atoms with Crippen LogP contribution in [0.4, 0.5) is 0 Å². The fourth-order valence-corrected chi connectivity index (χ4v) is 2.13. The molecule has 1 rings (SSSR count). The van der Waals surface area contributed by atoms with Crippen LogP contribution < -0.4 is 0 Å². The van der Waals surface area contributed by atoms with E-state index in [1.807, 2.05) is 6.92 Å². The van der Waals surface area contributed by atoms with E-state index in [0.717, 1.165) is 5.56 Å². The van der Waals surface area contributed by atoms with Gasteiger partial charge in [-0.1, -0.05) is 17.7 Å². The van der Waals surface area contributed by atoms with E-state index in [0.29, 0.717) is 17.4 Å². The Kier molecular flexibility index (Phi) is 3.29. The van der Waals surface area contributed by atoms with Crippen LogP contribution in [-0.2, 0) is 14.8 Å². The first kappa shape index (κ1) is 11.2. The predicted octanol–water partition coefficient (Wildman–Crippen LogP) is 1.88. The van der Waals surface area contributed by atoms with Crippen molar-refractivity contribution >= 4 is 26.0 Å². The van der Waals surface area contributed by atoms with Crippen molar-refractivity contribution in [2.75, 3.05) is 0 Å². The zero-order valence-corrected chi connectivity index (χ0v) is 9.10. The Hall–Kier alpha value is -0.870. The fraction of sp³-hybridized carbons (Fsp3) is 0.222. The molecule has 0 spiro atoms. The van der Waals surface area contributed by atoms with Gasteiger partial charge in [-0.15, -0.1) is 0 Å². The lowest BCUT2D eigenvalue weighted by atomic mass is 10.1. The summed E-state index contributed by atoms with van der Waals surface area (Å²) in [5.74, 6) is -0.317. The van der Waals surface area contributed by atoms with Crippen molar-refractivity contribution in [2.45, 2.75) is 12.7 Å². The van der Waals surface area contributed by atoms with Crippen LogP contribution in [-0.4, -0.2) is 14.7 Å². The number of rotatable bonds is 3. The first-order valence-corrected chi connectivity index (χ1v) is 6.37. The van der Waals surface area contributed by atoms with E-state index >= 15 is 0 Å². The normalized spacial score (nSPS) is 11.3. The summed E-state index contributed by atoms with van der Waals surface area (Å²) < 4.78 is 21.6. The molecule has 0 aliphatic rings. The number of benzene rings is 1. The molecule has 0 saturated heterocycles. The molecule has 14 heavy (non-hydrogen) atoms. The lowest BCUT2D eigenvalue weighted by Gasteiger charge is -2.02. The number of halogens is 1. The van der Waals surface area contributed by atoms with Crippen LogP contribution in [0.2, 0.25) is 0 Å². The summed E-state index contributed by atoms with van der Waals surface area (Å²) in [5, 5.41) is 0. The first-order valence-electron chi connectivity index (χ1n) is 3.89. The molecule has 5 heteroatoms. The third kappa shape index (κ3) is 3.12. The molecule has 0 aliphatic heterocycles. The monoisotopic (exact) mass is 232 g/mol. The van der Waals surface area contributed by atoms with Gasteiger partial charge in [0.25, 0.3) is 0 Å². The van der Waals surface area contributed by atoms with Crippen LogP contribution in [0.25, 0.3) is 0 Å². The van der Waals surface area contributed by atoms with Crippen LogP contribution in [0.5, 0.6) is 0 Å². The van der Waals surface area contributed by atoms with Gasteiger partial charge >= 0.3 is 0 Å². The Balaban J connectivity index is 3.15. The molecule has 3 nitrogen and oxygen atoms in total. The molecule has 0 amide bonds. The number of hydrogen-bond acceptors (Lipinski definition) is 3. The van der Waals surface area contributed by atoms with Crippen molar-refractivity contribution in [1.29, 1.82) is 0 Å². The fourth-order valence-electron chi connectivity index (χ4n) is 1.14. The SMILES string of the molecule is Cc1ccc(CS(=O)(=O)Cl)c(C=O)c1. The third-order valence-corrected chi connectivity index (χ3v) is 2.74. The summed E-state index contributed by atoms with van der Waals surface area (Å²) in [6, 6.07) is 4.97. The summed E-state index contributed by atoms with van der Waals surface area (Å²) in [7, 11) is 1.48. The lowest BCUT2D eigenvalue weighted by Crippen LogP contribution is -1.99. The molecule has 0 unspecified atom stereocenters. The number of aryl methyl sites for hydroxylation is 1. The van der Waals surface area contributed by atoms with Gasteiger partial charge in [-0.2, -0.15) is 0 Å². The summed E-state index contributed by atoms with van der Waals surface area (Å²) in [4.78, 5) is 10.6. The van der Waals surface area contributed by atoms with Gasteiger partial charge in [0.1, 0.15) is 6.29 Å². The van der Waals surface area contributed by atoms with Gasteiger partial charge in [-0.25, -0.2) is 8.42 Å². The van der Waals surface area contributed by atoms with E-state index in [1.165, 1.54) is 0 Å². The zero-order chi connectivity index (χ0) is 10.8. The quantitative estimate of drug-likeness (QED) is 0.591. The number of hydrogen-bond donors (Lipinski definition) is 0. The predicted molar refractivity (Wildman–Crippen MR) is 55.0 cm³/mol. The van der Waals surface area contributed by atoms with Crippen molar-refractivity contribution in [3.05, 3.63) is 34.9 Å². The average Bonchev–Trinajstić information content (AvgIpc) is 2.06. The summed E-state index contributed by atoms with van der Waals surface area (Å²) in [6.07, 6.45) is 0.629. The average molecular weight is 233 g/mol. The van der Waals surface area contributed by atoms with E-state index in [4.69, 9.17) is 10.7 Å². The molecule has 0 aliphatic carbocycles. The van der Waals surface area contributed by atoms with Gasteiger partial charge in [-0.3, -0.25) is 4.79 Å². The minimum Gasteiger partial charge on any atom is -0.298 e. The topological polar surface area (TPSA) is 51.2 Å². The maximum absolute atomic E-state index is 10.8. The van der Waals surface area contributed by atoms with E-state index in [1.54, 1.807) is 18.2 Å². The first-order chi connectivity index (χ1) is 6.42. The molecule has 0 fully saturated rings. The van der Waals surface area contributed by atoms with Crippen LogP contribution in [0.3, 0.4) is 0 Å². The molecule has 0 bridgehead atoms. The highest BCUT2D eigenvalue weighted by atomic mass is 35.7. The van der Waals surface area contributed by atoms with Crippen LogP contribution in [0.1, 0.15) is 21.5 Å². The van der Waals surface area contributed by atoms with E-state index in [9.17, 15) is 13.2 Å². The Morgan fingerprint density at radius 2 is 2.07 bits per heavy atom. The maximum Gasteiger partial charge on any atom is 0.236 e. The zero-order valence-electron chi connectivity index (χ0n) is 7.53. The molecular weight excluding hydrogens is 224 g/mol. The molecular formula is C9H9ClO3S. The molecule has 0 aromatic heterocycles. The van der Waals surface area contributed by atoms with Gasteiger partial charge in [-0.05, 0) is 18.6 Å². The molecule has 0 atom stereocenters. The Morgan fingerprint density at radius 1 is 1.43 bits per heavy atom. The van der Waals surface area contributed by atoms with Crippen LogP contribution in [0.15, 0.2) is 18.2 Å². The van der Waals surface area contributed by atoms with Gasteiger partial charge in [0.15, 0.2) is 0 Å². The maximum atomic E-state index is 10.8. The minimum atomic E-state index is -3.61. The number of carbonyl (C=O) groups is 1. The smallest absolute Gasteiger partial charge is 0.236 e. The largest absolute Gasteiger partial charge is 0.298 e. The standard InChI is InChI=1S/C9H9ClO3S/c1-7-2-3-8(6-14(10,12)13)9(4-7)5-11/h2-5H,6H2,1H3. The van der Waals surface area contributed by atoms with Gasteiger partial charge in [0, 0.05) is 16.2 Å². The van der Waals surface area contributed by atoms with E-state index in [2.05, 4.69) is 0 Å². The van der Waals surface area contributed by atoms with E-state index in [-0.39, 0.29) is 5.75 Å². The molecule has 0 saturated carbocycles. The van der Waals surface area contributed by atoms with Crippen molar-refractivity contribution in [1.82, 2.24) is 0 Å². The molecule has 0 radical (unpaired) electrons. The molecule has 1 aromatic carbocycles. The Morgan fingerprint density at radius 3 is 2.57 bits per heavy atom. The van der Waals surface area contributed by atoms with Crippen molar-refractivity contribution in [3.63, 3.8) is 0 Å². The second kappa shape index (κ2) is 4.11. The van der Waals surface area contributed by atoms with Crippen molar-refractivity contribution < 1.29 is 13.2 Å². The highest BCUT2D eigenvalue weighted by Gasteiger charge is 2.10. The lowest BCUT2D eigenvalue weighted by molar-refractivity contribution is 0.112. The summed E-state index contributed by atoms with van der Waals surface area (Å²) in [5.41, 5.74) is 1.71. The number of carbonyl (C=O) groups excluding carboxylic acids is 1. The molecule has 76 valence electrons. The third-order valence-electron chi connectivity index (χ3n) is 1.76. The van der Waals surface area contributed by atoms with Gasteiger partial charge in [0.2, 0.25) is 9.05 Å². The van der Waals surface area contributed by atoms with Gasteiger partial charge in [0.05, 0.1) is 5.75 Å². The highest BCUT2D eigenvalue weighted by molar-refractivity contribution is 8.13. The minimum absolute atomic E-state index is 0.317. The molecule has 0 heterocycles. The van der Waals surface area contributed by atoms with Crippen molar-refractivity contribution in [3.8, 4) is 0 Å². The van der Waals surface area contributed by atoms with Crippen molar-refractivity contribution in [2.24, 2.45) is 0 Å². The Bertz CT molecular complexity index is 451. The second-order valence-corrected chi connectivity index (χ2v) is 5.78. The summed E-state index contributed by atoms with van der Waals surface area (Å²) in [6.45, 7) is 1.83.